The zero-order chi connectivity index (χ0) is 15.1. The van der Waals surface area contributed by atoms with E-state index in [0.29, 0.717) is 5.56 Å². The number of hydrogen-bond acceptors (Lipinski definition) is 5. The number of methoxy groups -OCH3 is 1. The summed E-state index contributed by atoms with van der Waals surface area (Å²) in [5, 5.41) is 4.10. The molecule has 0 unspecified atom stereocenters. The molecule has 0 aliphatic carbocycles. The normalized spacial score (nSPS) is 17.9. The quantitative estimate of drug-likeness (QED) is 0.727. The number of aryl methyl sites for hydroxylation is 1. The van der Waals surface area contributed by atoms with Gasteiger partial charge >= 0.3 is 12.1 Å². The van der Waals surface area contributed by atoms with Crippen LogP contribution in [0.2, 0.25) is 0 Å². The lowest BCUT2D eigenvalue weighted by Crippen LogP contribution is -2.39. The third-order valence-corrected chi connectivity index (χ3v) is 3.07. The molecule has 1 aliphatic rings. The van der Waals surface area contributed by atoms with E-state index in [2.05, 4.69) is 5.10 Å². The molecule has 1 amide bonds. The molecule has 1 atom stereocenters. The third-order valence-electron chi connectivity index (χ3n) is 3.07. The summed E-state index contributed by atoms with van der Waals surface area (Å²) in [5.74, 6) is -0.498. The summed E-state index contributed by atoms with van der Waals surface area (Å²) in [6.07, 6.45) is 1.05. The van der Waals surface area contributed by atoms with Crippen molar-refractivity contribution in [1.82, 2.24) is 14.7 Å². The molecule has 0 aromatic carbocycles. The molecule has 1 aliphatic heterocycles. The van der Waals surface area contributed by atoms with Gasteiger partial charge in [-0.3, -0.25) is 9.58 Å². The van der Waals surface area contributed by atoms with Crippen molar-refractivity contribution in [1.29, 1.82) is 0 Å². The molecule has 7 heteroatoms. The van der Waals surface area contributed by atoms with E-state index < -0.39 is 23.7 Å². The first-order valence-corrected chi connectivity index (χ1v) is 6.33. The van der Waals surface area contributed by atoms with E-state index in [-0.39, 0.29) is 6.54 Å². The van der Waals surface area contributed by atoms with Gasteiger partial charge in [-0.05, 0) is 20.8 Å². The van der Waals surface area contributed by atoms with Crippen molar-refractivity contribution in [3.63, 3.8) is 0 Å². The summed E-state index contributed by atoms with van der Waals surface area (Å²) in [7, 11) is 3.07. The molecular weight excluding hydrogens is 262 g/mol. The van der Waals surface area contributed by atoms with E-state index in [1.54, 1.807) is 38.7 Å². The van der Waals surface area contributed by atoms with Gasteiger partial charge in [-0.2, -0.15) is 5.10 Å². The van der Waals surface area contributed by atoms with Crippen LogP contribution in [0.1, 0.15) is 38.1 Å². The molecule has 0 fully saturated rings. The monoisotopic (exact) mass is 281 g/mol. The Bertz CT molecular complexity index is 544. The summed E-state index contributed by atoms with van der Waals surface area (Å²) in [6.45, 7) is 5.62. The van der Waals surface area contributed by atoms with Crippen LogP contribution in [-0.2, 0) is 27.9 Å². The van der Waals surface area contributed by atoms with Crippen LogP contribution in [0.4, 0.5) is 4.79 Å². The van der Waals surface area contributed by atoms with Gasteiger partial charge in [-0.15, -0.1) is 0 Å². The molecule has 0 saturated carbocycles. The highest BCUT2D eigenvalue weighted by atomic mass is 16.6. The van der Waals surface area contributed by atoms with Gasteiger partial charge in [0.1, 0.15) is 5.60 Å². The number of hydrogen-bond donors (Lipinski definition) is 0. The fourth-order valence-corrected chi connectivity index (χ4v) is 2.18. The van der Waals surface area contributed by atoms with Gasteiger partial charge in [-0.25, -0.2) is 9.59 Å². The Balaban J connectivity index is 2.30. The zero-order valence-corrected chi connectivity index (χ0v) is 12.3. The predicted octanol–water partition coefficient (Wildman–Crippen LogP) is 1.38. The number of fused-ring (bicyclic) bond motifs is 1. The van der Waals surface area contributed by atoms with Crippen LogP contribution in [0, 0.1) is 0 Å². The Labute approximate surface area is 117 Å². The van der Waals surface area contributed by atoms with E-state index in [9.17, 15) is 9.59 Å². The molecule has 0 bridgehead atoms. The molecule has 7 nitrogen and oxygen atoms in total. The first-order chi connectivity index (χ1) is 9.24. The third kappa shape index (κ3) is 2.48. The second-order valence-corrected chi connectivity index (χ2v) is 5.70. The van der Waals surface area contributed by atoms with Gasteiger partial charge in [0.25, 0.3) is 0 Å². The summed E-state index contributed by atoms with van der Waals surface area (Å²) < 4.78 is 11.8. The van der Waals surface area contributed by atoms with Crippen molar-refractivity contribution in [2.75, 3.05) is 7.11 Å². The Morgan fingerprint density at radius 3 is 2.60 bits per heavy atom. The van der Waals surface area contributed by atoms with Crippen molar-refractivity contribution in [2.24, 2.45) is 7.05 Å². The molecule has 0 spiro atoms. The van der Waals surface area contributed by atoms with Gasteiger partial charge in [0, 0.05) is 12.6 Å². The lowest BCUT2D eigenvalue weighted by atomic mass is 10.1. The van der Waals surface area contributed by atoms with Crippen LogP contribution < -0.4 is 0 Å². The minimum Gasteiger partial charge on any atom is -0.467 e. The highest BCUT2D eigenvalue weighted by Gasteiger charge is 2.43. The van der Waals surface area contributed by atoms with Crippen molar-refractivity contribution >= 4 is 12.1 Å². The molecular formula is C13H19N3O4. The van der Waals surface area contributed by atoms with E-state index >= 15 is 0 Å². The smallest absolute Gasteiger partial charge is 0.411 e. The number of carbonyl (C=O) groups excluding carboxylic acids is 2. The van der Waals surface area contributed by atoms with E-state index in [4.69, 9.17) is 9.47 Å². The molecule has 2 rings (SSSR count). The number of aromatic nitrogens is 2. The molecule has 20 heavy (non-hydrogen) atoms. The van der Waals surface area contributed by atoms with Gasteiger partial charge in [0.2, 0.25) is 0 Å². The summed E-state index contributed by atoms with van der Waals surface area (Å²) in [5.41, 5.74) is 0.876. The van der Waals surface area contributed by atoms with Crippen LogP contribution in [0.15, 0.2) is 6.20 Å². The SMILES string of the molecule is COC(=O)[C@@H]1c2cnn(C)c2CN1C(=O)OC(C)(C)C. The molecule has 1 aromatic heterocycles. The van der Waals surface area contributed by atoms with Crippen LogP contribution >= 0.6 is 0 Å². The Hall–Kier alpha value is -2.05. The van der Waals surface area contributed by atoms with Crippen LogP contribution in [0.5, 0.6) is 0 Å². The number of amides is 1. The minimum absolute atomic E-state index is 0.278. The fourth-order valence-electron chi connectivity index (χ4n) is 2.18. The standard InChI is InChI=1S/C13H19N3O4/c1-13(2,3)20-12(18)16-7-9-8(6-14-15(9)4)10(16)11(17)19-5/h6,10H,7H2,1-5H3/t10-/m0/s1. The molecule has 110 valence electrons. The molecule has 1 aromatic rings. The largest absolute Gasteiger partial charge is 0.467 e. The fraction of sp³-hybridized carbons (Fsp3) is 0.615. The maximum absolute atomic E-state index is 12.2. The number of ether oxygens (including phenoxy) is 2. The topological polar surface area (TPSA) is 73.7 Å². The van der Waals surface area contributed by atoms with Crippen LogP contribution in [0.25, 0.3) is 0 Å². The van der Waals surface area contributed by atoms with Crippen molar-refractivity contribution in [3.05, 3.63) is 17.5 Å². The average Bonchev–Trinajstić information content (AvgIpc) is 2.86. The van der Waals surface area contributed by atoms with Crippen LogP contribution in [-0.4, -0.2) is 39.5 Å². The molecule has 0 radical (unpaired) electrons. The maximum Gasteiger partial charge on any atom is 0.411 e. The van der Waals surface area contributed by atoms with E-state index in [0.717, 1.165) is 5.69 Å². The Morgan fingerprint density at radius 2 is 2.05 bits per heavy atom. The van der Waals surface area contributed by atoms with Crippen molar-refractivity contribution in [3.8, 4) is 0 Å². The maximum atomic E-state index is 12.2. The summed E-state index contributed by atoms with van der Waals surface area (Å²) in [6, 6.07) is -0.793. The number of esters is 1. The highest BCUT2D eigenvalue weighted by Crippen LogP contribution is 2.35. The second-order valence-electron chi connectivity index (χ2n) is 5.70. The average molecular weight is 281 g/mol. The number of nitrogens with zero attached hydrogens (tertiary/aromatic N) is 3. The van der Waals surface area contributed by atoms with Gasteiger partial charge in [0.15, 0.2) is 6.04 Å². The van der Waals surface area contributed by atoms with E-state index in [1.807, 2.05) is 0 Å². The van der Waals surface area contributed by atoms with E-state index in [1.165, 1.54) is 12.0 Å². The van der Waals surface area contributed by atoms with Crippen molar-refractivity contribution in [2.45, 2.75) is 39.0 Å². The summed E-state index contributed by atoms with van der Waals surface area (Å²) in [4.78, 5) is 25.6. The first-order valence-electron chi connectivity index (χ1n) is 6.33. The molecule has 2 heterocycles. The summed E-state index contributed by atoms with van der Waals surface area (Å²) >= 11 is 0. The molecule has 0 N–H and O–H groups in total. The van der Waals surface area contributed by atoms with Gasteiger partial charge in [-0.1, -0.05) is 0 Å². The highest BCUT2D eigenvalue weighted by molar-refractivity contribution is 5.84. The van der Waals surface area contributed by atoms with Crippen LogP contribution in [0.3, 0.4) is 0 Å². The second kappa shape index (κ2) is 4.81. The lowest BCUT2D eigenvalue weighted by Gasteiger charge is -2.27. The van der Waals surface area contributed by atoms with Crippen molar-refractivity contribution < 1.29 is 19.1 Å². The predicted molar refractivity (Wildman–Crippen MR) is 69.7 cm³/mol. The zero-order valence-electron chi connectivity index (χ0n) is 12.3. The number of carbonyl (C=O) groups is 2. The Kier molecular flexibility index (Phi) is 3.45. The Morgan fingerprint density at radius 1 is 1.40 bits per heavy atom. The minimum atomic E-state index is -0.793. The van der Waals surface area contributed by atoms with Gasteiger partial charge < -0.3 is 9.47 Å². The first kappa shape index (κ1) is 14.4. The number of rotatable bonds is 1. The van der Waals surface area contributed by atoms with Gasteiger partial charge in [0.05, 0.1) is 25.5 Å². The lowest BCUT2D eigenvalue weighted by molar-refractivity contribution is -0.146. The molecule has 0 saturated heterocycles.